The summed E-state index contributed by atoms with van der Waals surface area (Å²) in [5.74, 6) is -0.653. The summed E-state index contributed by atoms with van der Waals surface area (Å²) in [6.45, 7) is 0. The minimum atomic E-state index is -0.327. The second kappa shape index (κ2) is 5.79. The number of nitrogens with zero attached hydrogens (tertiary/aromatic N) is 1. The van der Waals surface area contributed by atoms with E-state index in [1.807, 2.05) is 0 Å². The average Bonchev–Trinajstić information content (AvgIpc) is 2.55. The molecule has 0 aliphatic heterocycles. The highest BCUT2D eigenvalue weighted by Crippen LogP contribution is 2.33. The van der Waals surface area contributed by atoms with Gasteiger partial charge in [0, 0.05) is 0 Å². The lowest BCUT2D eigenvalue weighted by atomic mass is 9.93. The second-order valence-corrected chi connectivity index (χ2v) is 4.89. The predicted molar refractivity (Wildman–Crippen MR) is 81.9 cm³/mol. The van der Waals surface area contributed by atoms with Crippen molar-refractivity contribution in [3.63, 3.8) is 0 Å². The van der Waals surface area contributed by atoms with Crippen LogP contribution in [0.25, 0.3) is 22.3 Å². The molecule has 0 amide bonds. The van der Waals surface area contributed by atoms with Gasteiger partial charge in [0.05, 0.1) is 11.6 Å². The maximum atomic E-state index is 13.5. The van der Waals surface area contributed by atoms with Crippen molar-refractivity contribution in [3.8, 4) is 28.3 Å². The molecule has 0 saturated heterocycles. The Morgan fingerprint density at radius 1 is 0.682 bits per heavy atom. The fourth-order valence-electron chi connectivity index (χ4n) is 2.39. The van der Waals surface area contributed by atoms with Gasteiger partial charge in [-0.1, -0.05) is 30.3 Å². The minimum Gasteiger partial charge on any atom is -0.207 e. The van der Waals surface area contributed by atoms with Gasteiger partial charge < -0.3 is 0 Å². The van der Waals surface area contributed by atoms with Gasteiger partial charge in [0.25, 0.3) is 0 Å². The summed E-state index contributed by atoms with van der Waals surface area (Å²) in [4.78, 5) is 0. The largest absolute Gasteiger partial charge is 0.207 e. The molecule has 0 spiro atoms. The fraction of sp³-hybridized carbons (Fsp3) is 0. The SMILES string of the molecule is N#Cc1ccc(-c2cccc(F)c2)c(-c2ccc(F)cc2)c1. The van der Waals surface area contributed by atoms with Crippen LogP contribution >= 0.6 is 0 Å². The van der Waals surface area contributed by atoms with Crippen molar-refractivity contribution < 1.29 is 8.78 Å². The predicted octanol–water partition coefficient (Wildman–Crippen LogP) is 5.17. The van der Waals surface area contributed by atoms with Crippen molar-refractivity contribution in [2.75, 3.05) is 0 Å². The van der Waals surface area contributed by atoms with Gasteiger partial charge in [0.15, 0.2) is 0 Å². The molecule has 1 nitrogen and oxygen atoms in total. The van der Waals surface area contributed by atoms with E-state index in [0.29, 0.717) is 11.1 Å². The first kappa shape index (κ1) is 14.0. The molecule has 0 radical (unpaired) electrons. The van der Waals surface area contributed by atoms with Gasteiger partial charge in [-0.2, -0.15) is 5.26 Å². The lowest BCUT2D eigenvalue weighted by Gasteiger charge is -2.11. The van der Waals surface area contributed by atoms with E-state index >= 15 is 0 Å². The number of halogens is 2. The van der Waals surface area contributed by atoms with Crippen LogP contribution in [0, 0.1) is 23.0 Å². The Labute approximate surface area is 127 Å². The van der Waals surface area contributed by atoms with Crippen molar-refractivity contribution >= 4 is 0 Å². The van der Waals surface area contributed by atoms with Crippen LogP contribution in [-0.2, 0) is 0 Å². The van der Waals surface area contributed by atoms with Crippen molar-refractivity contribution in [1.82, 2.24) is 0 Å². The zero-order valence-corrected chi connectivity index (χ0v) is 11.6. The Morgan fingerprint density at radius 3 is 2.14 bits per heavy atom. The van der Waals surface area contributed by atoms with Crippen molar-refractivity contribution in [2.45, 2.75) is 0 Å². The van der Waals surface area contributed by atoms with Crippen LogP contribution in [0.2, 0.25) is 0 Å². The third-order valence-corrected chi connectivity index (χ3v) is 3.44. The van der Waals surface area contributed by atoms with E-state index in [1.165, 1.54) is 24.3 Å². The van der Waals surface area contributed by atoms with E-state index in [-0.39, 0.29) is 11.6 Å². The Morgan fingerprint density at radius 2 is 1.45 bits per heavy atom. The highest BCUT2D eigenvalue weighted by atomic mass is 19.1. The Balaban J connectivity index is 2.22. The average molecular weight is 291 g/mol. The Bertz CT molecular complexity index is 861. The van der Waals surface area contributed by atoms with Gasteiger partial charge in [-0.3, -0.25) is 0 Å². The second-order valence-electron chi connectivity index (χ2n) is 4.89. The molecule has 0 N–H and O–H groups in total. The summed E-state index contributed by atoms with van der Waals surface area (Å²) in [6.07, 6.45) is 0. The van der Waals surface area contributed by atoms with Crippen molar-refractivity contribution in [1.29, 1.82) is 5.26 Å². The van der Waals surface area contributed by atoms with Crippen LogP contribution in [0.1, 0.15) is 5.56 Å². The lowest BCUT2D eigenvalue weighted by Crippen LogP contribution is -1.88. The van der Waals surface area contributed by atoms with Gasteiger partial charge in [0.2, 0.25) is 0 Å². The molecule has 3 aromatic rings. The normalized spacial score (nSPS) is 10.2. The fourth-order valence-corrected chi connectivity index (χ4v) is 2.39. The summed E-state index contributed by atoms with van der Waals surface area (Å²) < 4.78 is 26.6. The minimum absolute atomic E-state index is 0.326. The summed E-state index contributed by atoms with van der Waals surface area (Å²) >= 11 is 0. The molecule has 0 aromatic heterocycles. The highest BCUT2D eigenvalue weighted by Gasteiger charge is 2.09. The van der Waals surface area contributed by atoms with Crippen LogP contribution in [-0.4, -0.2) is 0 Å². The molecule has 0 fully saturated rings. The van der Waals surface area contributed by atoms with Gasteiger partial charge >= 0.3 is 0 Å². The molecular formula is C19H11F2N. The number of hydrogen-bond acceptors (Lipinski definition) is 1. The molecule has 0 bridgehead atoms. The molecule has 0 saturated carbocycles. The maximum Gasteiger partial charge on any atom is 0.123 e. The van der Waals surface area contributed by atoms with Crippen LogP contribution in [0.15, 0.2) is 66.7 Å². The maximum absolute atomic E-state index is 13.5. The first-order valence-corrected chi connectivity index (χ1v) is 6.73. The zero-order valence-electron chi connectivity index (χ0n) is 11.6. The molecule has 22 heavy (non-hydrogen) atoms. The van der Waals surface area contributed by atoms with Gasteiger partial charge in [0.1, 0.15) is 11.6 Å². The third-order valence-electron chi connectivity index (χ3n) is 3.44. The molecule has 0 aliphatic rings. The first-order valence-electron chi connectivity index (χ1n) is 6.73. The molecule has 106 valence electrons. The summed E-state index contributed by atoms with van der Waals surface area (Å²) in [5.41, 5.74) is 3.55. The van der Waals surface area contributed by atoms with E-state index in [4.69, 9.17) is 5.26 Å². The van der Waals surface area contributed by atoms with E-state index in [9.17, 15) is 8.78 Å². The quantitative estimate of drug-likeness (QED) is 0.639. The van der Waals surface area contributed by atoms with Crippen LogP contribution in [0.4, 0.5) is 8.78 Å². The van der Waals surface area contributed by atoms with Crippen molar-refractivity contribution in [3.05, 3.63) is 83.9 Å². The van der Waals surface area contributed by atoms with Crippen LogP contribution < -0.4 is 0 Å². The van der Waals surface area contributed by atoms with E-state index in [2.05, 4.69) is 6.07 Å². The van der Waals surface area contributed by atoms with Gasteiger partial charge in [-0.05, 0) is 58.7 Å². The van der Waals surface area contributed by atoms with Crippen LogP contribution in [0.3, 0.4) is 0 Å². The molecule has 0 heterocycles. The summed E-state index contributed by atoms with van der Waals surface area (Å²) in [6, 6.07) is 19.6. The molecule has 3 aromatic carbocycles. The Hall–Kier alpha value is -2.99. The number of rotatable bonds is 2. The highest BCUT2D eigenvalue weighted by molar-refractivity contribution is 5.84. The summed E-state index contributed by atoms with van der Waals surface area (Å²) in [7, 11) is 0. The monoisotopic (exact) mass is 291 g/mol. The number of nitriles is 1. The van der Waals surface area contributed by atoms with E-state index in [0.717, 1.165) is 16.7 Å². The molecule has 0 unspecified atom stereocenters. The van der Waals surface area contributed by atoms with Crippen molar-refractivity contribution in [2.24, 2.45) is 0 Å². The van der Waals surface area contributed by atoms with E-state index in [1.54, 1.807) is 42.5 Å². The number of benzene rings is 3. The topological polar surface area (TPSA) is 23.8 Å². The third kappa shape index (κ3) is 2.72. The molecular weight excluding hydrogens is 280 g/mol. The number of hydrogen-bond donors (Lipinski definition) is 0. The van der Waals surface area contributed by atoms with Crippen LogP contribution in [0.5, 0.6) is 0 Å². The standard InChI is InChI=1S/C19H11F2N/c20-16-7-5-14(6-8-16)19-10-13(12-22)4-9-18(19)15-2-1-3-17(21)11-15/h1-11H. The van der Waals surface area contributed by atoms with Gasteiger partial charge in [-0.25, -0.2) is 8.78 Å². The zero-order chi connectivity index (χ0) is 15.5. The first-order chi connectivity index (χ1) is 10.7. The lowest BCUT2D eigenvalue weighted by molar-refractivity contribution is 0.628. The van der Waals surface area contributed by atoms with E-state index < -0.39 is 0 Å². The summed E-state index contributed by atoms with van der Waals surface area (Å²) in [5, 5.41) is 9.09. The smallest absolute Gasteiger partial charge is 0.123 e. The Kier molecular flexibility index (Phi) is 3.67. The van der Waals surface area contributed by atoms with Gasteiger partial charge in [-0.15, -0.1) is 0 Å². The molecule has 0 aliphatic carbocycles. The molecule has 0 atom stereocenters. The molecule has 3 heteroatoms. The molecule has 3 rings (SSSR count).